The van der Waals surface area contributed by atoms with Crippen molar-refractivity contribution in [2.75, 3.05) is 13.1 Å². The maximum Gasteiger partial charge on any atom is 0.251 e. The summed E-state index contributed by atoms with van der Waals surface area (Å²) in [5.41, 5.74) is 3.70. The molecule has 0 saturated carbocycles. The molecular formula is C24H29N3O3. The van der Waals surface area contributed by atoms with Crippen molar-refractivity contribution in [2.45, 2.75) is 46.3 Å². The molecule has 3 rings (SSSR count). The number of nitrogens with one attached hydrogen (secondary N) is 1. The van der Waals surface area contributed by atoms with Crippen LogP contribution in [0, 0.1) is 0 Å². The summed E-state index contributed by atoms with van der Waals surface area (Å²) in [5.74, 6) is -0.419. The topological polar surface area (TPSA) is 69.7 Å². The third kappa shape index (κ3) is 5.54. The SMILES string of the molecule is CCN(CC)Cc1ccc(CNC(=O)c2ccc(CN3C(=O)CCC3=O)cc2)cc1. The zero-order valence-electron chi connectivity index (χ0n) is 17.7. The molecule has 0 aromatic heterocycles. The average Bonchev–Trinajstić information content (AvgIpc) is 3.09. The van der Waals surface area contributed by atoms with Crippen LogP contribution in [0.1, 0.15) is 53.7 Å². The average molecular weight is 408 g/mol. The van der Waals surface area contributed by atoms with Gasteiger partial charge in [-0.2, -0.15) is 0 Å². The molecule has 0 aliphatic carbocycles. The molecule has 0 spiro atoms. The largest absolute Gasteiger partial charge is 0.348 e. The van der Waals surface area contributed by atoms with Crippen molar-refractivity contribution in [1.29, 1.82) is 0 Å². The molecule has 30 heavy (non-hydrogen) atoms. The number of rotatable bonds is 9. The molecule has 1 aliphatic heterocycles. The second-order valence-electron chi connectivity index (χ2n) is 7.53. The number of nitrogens with zero attached hydrogens (tertiary/aromatic N) is 2. The van der Waals surface area contributed by atoms with E-state index in [1.165, 1.54) is 10.5 Å². The molecule has 0 bridgehead atoms. The summed E-state index contributed by atoms with van der Waals surface area (Å²) in [6, 6.07) is 15.3. The van der Waals surface area contributed by atoms with Gasteiger partial charge in [0.1, 0.15) is 0 Å². The van der Waals surface area contributed by atoms with Crippen molar-refractivity contribution in [3.05, 3.63) is 70.8 Å². The van der Waals surface area contributed by atoms with E-state index in [0.717, 1.165) is 30.8 Å². The van der Waals surface area contributed by atoms with E-state index in [-0.39, 0.29) is 37.1 Å². The van der Waals surface area contributed by atoms with Crippen LogP contribution in [0.2, 0.25) is 0 Å². The summed E-state index contributed by atoms with van der Waals surface area (Å²) in [7, 11) is 0. The van der Waals surface area contributed by atoms with E-state index in [2.05, 4.69) is 36.2 Å². The molecule has 2 aromatic carbocycles. The number of hydrogen-bond acceptors (Lipinski definition) is 4. The molecule has 6 heteroatoms. The Hall–Kier alpha value is -2.99. The highest BCUT2D eigenvalue weighted by molar-refractivity contribution is 6.01. The third-order valence-corrected chi connectivity index (χ3v) is 5.49. The summed E-state index contributed by atoms with van der Waals surface area (Å²) < 4.78 is 0. The first-order valence-corrected chi connectivity index (χ1v) is 10.5. The van der Waals surface area contributed by atoms with Gasteiger partial charge >= 0.3 is 0 Å². The van der Waals surface area contributed by atoms with Gasteiger partial charge in [0.15, 0.2) is 0 Å². The van der Waals surface area contributed by atoms with Crippen molar-refractivity contribution in [1.82, 2.24) is 15.1 Å². The van der Waals surface area contributed by atoms with Gasteiger partial charge < -0.3 is 5.32 Å². The van der Waals surface area contributed by atoms with Crippen LogP contribution in [-0.4, -0.2) is 40.6 Å². The number of hydrogen-bond donors (Lipinski definition) is 1. The van der Waals surface area contributed by atoms with Crippen molar-refractivity contribution < 1.29 is 14.4 Å². The lowest BCUT2D eigenvalue weighted by molar-refractivity contribution is -0.139. The lowest BCUT2D eigenvalue weighted by atomic mass is 10.1. The molecule has 0 atom stereocenters. The molecular weight excluding hydrogens is 378 g/mol. The summed E-state index contributed by atoms with van der Waals surface area (Å²) >= 11 is 0. The Bertz CT molecular complexity index is 871. The zero-order chi connectivity index (χ0) is 21.5. The normalized spacial score (nSPS) is 13.9. The lowest BCUT2D eigenvalue weighted by Gasteiger charge is -2.18. The van der Waals surface area contributed by atoms with E-state index in [9.17, 15) is 14.4 Å². The number of benzene rings is 2. The Balaban J connectivity index is 1.51. The molecule has 0 radical (unpaired) electrons. The fraction of sp³-hybridized carbons (Fsp3) is 0.375. The molecule has 1 aliphatic rings. The molecule has 2 aromatic rings. The second kappa shape index (κ2) is 10.2. The molecule has 1 heterocycles. The molecule has 1 N–H and O–H groups in total. The molecule has 0 unspecified atom stereocenters. The summed E-state index contributed by atoms with van der Waals surface area (Å²) in [4.78, 5) is 39.5. The summed E-state index contributed by atoms with van der Waals surface area (Å²) in [6.07, 6.45) is 0.575. The number of amides is 3. The van der Waals surface area contributed by atoms with Crippen LogP contribution in [-0.2, 0) is 29.2 Å². The monoisotopic (exact) mass is 407 g/mol. The fourth-order valence-electron chi connectivity index (χ4n) is 3.50. The Morgan fingerprint density at radius 2 is 1.40 bits per heavy atom. The Morgan fingerprint density at radius 3 is 1.97 bits per heavy atom. The summed E-state index contributed by atoms with van der Waals surface area (Å²) in [6.45, 7) is 8.02. The van der Waals surface area contributed by atoms with Gasteiger partial charge in [-0.25, -0.2) is 0 Å². The van der Waals surface area contributed by atoms with Crippen LogP contribution in [0.3, 0.4) is 0 Å². The minimum atomic E-state index is -0.151. The van der Waals surface area contributed by atoms with E-state index in [0.29, 0.717) is 12.1 Å². The fourth-order valence-corrected chi connectivity index (χ4v) is 3.50. The number of carbonyl (C=O) groups excluding carboxylic acids is 3. The van der Waals surface area contributed by atoms with Gasteiger partial charge in [-0.15, -0.1) is 0 Å². The van der Waals surface area contributed by atoms with Crippen molar-refractivity contribution in [2.24, 2.45) is 0 Å². The number of imide groups is 1. The molecule has 6 nitrogen and oxygen atoms in total. The second-order valence-corrected chi connectivity index (χ2v) is 7.53. The summed E-state index contributed by atoms with van der Waals surface area (Å²) in [5, 5.41) is 2.94. The Labute approximate surface area is 177 Å². The maximum atomic E-state index is 12.4. The van der Waals surface area contributed by atoms with Crippen molar-refractivity contribution in [3.63, 3.8) is 0 Å². The minimum Gasteiger partial charge on any atom is -0.348 e. The van der Waals surface area contributed by atoms with Gasteiger partial charge in [-0.1, -0.05) is 50.2 Å². The van der Waals surface area contributed by atoms with Crippen molar-refractivity contribution in [3.8, 4) is 0 Å². The van der Waals surface area contributed by atoms with Gasteiger partial charge in [0, 0.05) is 31.5 Å². The van der Waals surface area contributed by atoms with Crippen LogP contribution in [0.4, 0.5) is 0 Å². The van der Waals surface area contributed by atoms with E-state index in [1.54, 1.807) is 24.3 Å². The smallest absolute Gasteiger partial charge is 0.251 e. The van der Waals surface area contributed by atoms with Gasteiger partial charge in [0.05, 0.1) is 6.54 Å². The van der Waals surface area contributed by atoms with Gasteiger partial charge in [0.2, 0.25) is 11.8 Å². The van der Waals surface area contributed by atoms with E-state index >= 15 is 0 Å². The first-order valence-electron chi connectivity index (χ1n) is 10.5. The maximum absolute atomic E-state index is 12.4. The standard InChI is InChI=1S/C24H29N3O3/c1-3-26(4-2)16-19-7-5-18(6-8-19)15-25-24(30)21-11-9-20(10-12-21)17-27-22(28)13-14-23(27)29/h5-12H,3-4,13-17H2,1-2H3,(H,25,30). The number of carbonyl (C=O) groups is 3. The van der Waals surface area contributed by atoms with Crippen LogP contribution in [0.25, 0.3) is 0 Å². The lowest BCUT2D eigenvalue weighted by Crippen LogP contribution is -2.28. The van der Waals surface area contributed by atoms with Gasteiger partial charge in [0.25, 0.3) is 5.91 Å². The Morgan fingerprint density at radius 1 is 0.867 bits per heavy atom. The quantitative estimate of drug-likeness (QED) is 0.649. The predicted octanol–water partition coefficient (Wildman–Crippen LogP) is 3.11. The highest BCUT2D eigenvalue weighted by Gasteiger charge is 2.28. The van der Waals surface area contributed by atoms with Crippen LogP contribution in [0.15, 0.2) is 48.5 Å². The van der Waals surface area contributed by atoms with Crippen molar-refractivity contribution >= 4 is 17.7 Å². The number of likely N-dealkylation sites (tertiary alicyclic amines) is 1. The first-order chi connectivity index (χ1) is 14.5. The van der Waals surface area contributed by atoms with Crippen LogP contribution >= 0.6 is 0 Å². The third-order valence-electron chi connectivity index (χ3n) is 5.49. The zero-order valence-corrected chi connectivity index (χ0v) is 17.7. The van der Waals surface area contributed by atoms with E-state index in [1.807, 2.05) is 12.1 Å². The molecule has 1 fully saturated rings. The highest BCUT2D eigenvalue weighted by Crippen LogP contribution is 2.16. The van der Waals surface area contributed by atoms with Gasteiger partial charge in [-0.3, -0.25) is 24.2 Å². The van der Waals surface area contributed by atoms with Gasteiger partial charge in [-0.05, 0) is 41.9 Å². The van der Waals surface area contributed by atoms with Crippen LogP contribution in [0.5, 0.6) is 0 Å². The van der Waals surface area contributed by atoms with E-state index in [4.69, 9.17) is 0 Å². The first kappa shape index (κ1) is 21.7. The van der Waals surface area contributed by atoms with E-state index < -0.39 is 0 Å². The minimum absolute atomic E-state index is 0.134. The molecule has 3 amide bonds. The Kier molecular flexibility index (Phi) is 7.36. The molecule has 1 saturated heterocycles. The predicted molar refractivity (Wildman–Crippen MR) is 115 cm³/mol. The highest BCUT2D eigenvalue weighted by atomic mass is 16.2. The molecule has 158 valence electrons. The van der Waals surface area contributed by atoms with Crippen LogP contribution < -0.4 is 5.32 Å².